The fourth-order valence-corrected chi connectivity index (χ4v) is 2.02. The van der Waals surface area contributed by atoms with Gasteiger partial charge in [-0.15, -0.1) is 0 Å². The summed E-state index contributed by atoms with van der Waals surface area (Å²) < 4.78 is 5.55. The lowest BCUT2D eigenvalue weighted by Gasteiger charge is -2.12. The SMILES string of the molecule is CCCOc1cccc(C(=O)NCc2ccc(N(C)C)nc2)c1. The predicted octanol–water partition coefficient (Wildman–Crippen LogP) is 2.87. The van der Waals surface area contributed by atoms with Crippen molar-refractivity contribution in [3.05, 3.63) is 53.7 Å². The van der Waals surface area contributed by atoms with E-state index in [0.29, 0.717) is 18.7 Å². The van der Waals surface area contributed by atoms with Crippen LogP contribution in [0.25, 0.3) is 0 Å². The second-order valence-electron chi connectivity index (χ2n) is 5.48. The molecule has 5 nitrogen and oxygen atoms in total. The summed E-state index contributed by atoms with van der Waals surface area (Å²) in [6, 6.07) is 11.1. The van der Waals surface area contributed by atoms with Crippen molar-refractivity contribution in [3.8, 4) is 5.75 Å². The van der Waals surface area contributed by atoms with Gasteiger partial charge in [-0.1, -0.05) is 19.1 Å². The van der Waals surface area contributed by atoms with Gasteiger partial charge in [-0.2, -0.15) is 0 Å². The van der Waals surface area contributed by atoms with E-state index in [1.807, 2.05) is 50.2 Å². The fraction of sp³-hybridized carbons (Fsp3) is 0.333. The van der Waals surface area contributed by atoms with Crippen LogP contribution in [0.5, 0.6) is 5.75 Å². The highest BCUT2D eigenvalue weighted by atomic mass is 16.5. The Balaban J connectivity index is 1.93. The molecule has 0 bridgehead atoms. The molecule has 0 aliphatic rings. The summed E-state index contributed by atoms with van der Waals surface area (Å²) in [4.78, 5) is 18.5. The second-order valence-corrected chi connectivity index (χ2v) is 5.48. The molecular weight excluding hydrogens is 290 g/mol. The summed E-state index contributed by atoms with van der Waals surface area (Å²) in [6.45, 7) is 3.14. The van der Waals surface area contributed by atoms with Gasteiger partial charge in [0.25, 0.3) is 5.91 Å². The van der Waals surface area contributed by atoms with Gasteiger partial charge in [-0.3, -0.25) is 4.79 Å². The molecule has 0 radical (unpaired) electrons. The van der Waals surface area contributed by atoms with Gasteiger partial charge in [0, 0.05) is 32.4 Å². The van der Waals surface area contributed by atoms with Crippen LogP contribution in [0.3, 0.4) is 0 Å². The molecular formula is C18H23N3O2. The number of rotatable bonds is 7. The van der Waals surface area contributed by atoms with Crippen LogP contribution in [0.1, 0.15) is 29.3 Å². The first kappa shape index (κ1) is 16.8. The lowest BCUT2D eigenvalue weighted by Crippen LogP contribution is -2.23. The van der Waals surface area contributed by atoms with E-state index in [-0.39, 0.29) is 5.91 Å². The van der Waals surface area contributed by atoms with E-state index in [2.05, 4.69) is 10.3 Å². The Bertz CT molecular complexity index is 639. The topological polar surface area (TPSA) is 54.5 Å². The third-order valence-electron chi connectivity index (χ3n) is 3.29. The van der Waals surface area contributed by atoms with Crippen molar-refractivity contribution in [2.45, 2.75) is 19.9 Å². The molecule has 0 aliphatic carbocycles. The van der Waals surface area contributed by atoms with Crippen molar-refractivity contribution in [1.29, 1.82) is 0 Å². The van der Waals surface area contributed by atoms with E-state index in [9.17, 15) is 4.79 Å². The number of carbonyl (C=O) groups is 1. The van der Waals surface area contributed by atoms with Gasteiger partial charge in [0.15, 0.2) is 0 Å². The molecule has 1 aromatic carbocycles. The zero-order chi connectivity index (χ0) is 16.7. The maximum absolute atomic E-state index is 12.2. The van der Waals surface area contributed by atoms with Crippen molar-refractivity contribution >= 4 is 11.7 Å². The Labute approximate surface area is 137 Å². The van der Waals surface area contributed by atoms with Crippen LogP contribution < -0.4 is 15.0 Å². The van der Waals surface area contributed by atoms with Gasteiger partial charge < -0.3 is 15.0 Å². The lowest BCUT2D eigenvalue weighted by molar-refractivity contribution is 0.0950. The van der Waals surface area contributed by atoms with E-state index >= 15 is 0 Å². The van der Waals surface area contributed by atoms with Gasteiger partial charge in [0.05, 0.1) is 6.61 Å². The van der Waals surface area contributed by atoms with Crippen molar-refractivity contribution < 1.29 is 9.53 Å². The molecule has 0 unspecified atom stereocenters. The quantitative estimate of drug-likeness (QED) is 0.854. The highest BCUT2D eigenvalue weighted by Gasteiger charge is 2.07. The molecule has 5 heteroatoms. The third-order valence-corrected chi connectivity index (χ3v) is 3.29. The van der Waals surface area contributed by atoms with Crippen LogP contribution in [0.4, 0.5) is 5.82 Å². The Morgan fingerprint density at radius 2 is 2.09 bits per heavy atom. The number of ether oxygens (including phenoxy) is 1. The van der Waals surface area contributed by atoms with Gasteiger partial charge in [0.1, 0.15) is 11.6 Å². The molecule has 23 heavy (non-hydrogen) atoms. The molecule has 0 atom stereocenters. The number of aromatic nitrogens is 1. The fourth-order valence-electron chi connectivity index (χ4n) is 2.02. The number of benzene rings is 1. The molecule has 0 saturated heterocycles. The second kappa shape index (κ2) is 8.17. The smallest absolute Gasteiger partial charge is 0.251 e. The van der Waals surface area contributed by atoms with Crippen LogP contribution in [-0.4, -0.2) is 31.6 Å². The minimum absolute atomic E-state index is 0.122. The van der Waals surface area contributed by atoms with Crippen LogP contribution in [0, 0.1) is 0 Å². The molecule has 1 aromatic heterocycles. The van der Waals surface area contributed by atoms with Crippen molar-refractivity contribution in [2.75, 3.05) is 25.6 Å². The Hall–Kier alpha value is -2.56. The molecule has 1 heterocycles. The minimum Gasteiger partial charge on any atom is -0.494 e. The highest BCUT2D eigenvalue weighted by molar-refractivity contribution is 5.94. The summed E-state index contributed by atoms with van der Waals surface area (Å²) in [7, 11) is 3.88. The zero-order valence-corrected chi connectivity index (χ0v) is 13.9. The number of hydrogen-bond donors (Lipinski definition) is 1. The van der Waals surface area contributed by atoms with Crippen LogP contribution >= 0.6 is 0 Å². The van der Waals surface area contributed by atoms with Gasteiger partial charge >= 0.3 is 0 Å². The predicted molar refractivity (Wildman–Crippen MR) is 92.0 cm³/mol. The number of nitrogens with one attached hydrogen (secondary N) is 1. The Kier molecular flexibility index (Phi) is 5.97. The van der Waals surface area contributed by atoms with Crippen molar-refractivity contribution in [3.63, 3.8) is 0 Å². The van der Waals surface area contributed by atoms with Crippen molar-refractivity contribution in [1.82, 2.24) is 10.3 Å². The molecule has 0 saturated carbocycles. The van der Waals surface area contributed by atoms with E-state index in [4.69, 9.17) is 4.74 Å². The molecule has 122 valence electrons. The van der Waals surface area contributed by atoms with Crippen LogP contribution in [0.15, 0.2) is 42.6 Å². The standard InChI is InChI=1S/C18H23N3O2/c1-4-10-23-16-7-5-6-15(11-16)18(22)20-13-14-8-9-17(19-12-14)21(2)3/h5-9,11-12H,4,10,13H2,1-3H3,(H,20,22). The van der Waals surface area contributed by atoms with E-state index in [0.717, 1.165) is 23.6 Å². The Morgan fingerprint density at radius 3 is 2.74 bits per heavy atom. The molecule has 2 rings (SSSR count). The maximum Gasteiger partial charge on any atom is 0.251 e. The van der Waals surface area contributed by atoms with E-state index < -0.39 is 0 Å². The normalized spacial score (nSPS) is 10.2. The maximum atomic E-state index is 12.2. The number of anilines is 1. The van der Waals surface area contributed by atoms with E-state index in [1.54, 1.807) is 18.3 Å². The summed E-state index contributed by atoms with van der Waals surface area (Å²) in [5, 5.41) is 2.90. The first-order valence-corrected chi connectivity index (χ1v) is 7.73. The lowest BCUT2D eigenvalue weighted by atomic mass is 10.2. The monoisotopic (exact) mass is 313 g/mol. The molecule has 2 aromatic rings. The zero-order valence-electron chi connectivity index (χ0n) is 13.9. The summed E-state index contributed by atoms with van der Waals surface area (Å²) in [5.41, 5.74) is 1.55. The average Bonchev–Trinajstić information content (AvgIpc) is 2.58. The number of hydrogen-bond acceptors (Lipinski definition) is 4. The van der Waals surface area contributed by atoms with Gasteiger partial charge in [-0.05, 0) is 36.2 Å². The minimum atomic E-state index is -0.122. The van der Waals surface area contributed by atoms with E-state index in [1.165, 1.54) is 0 Å². The van der Waals surface area contributed by atoms with Crippen LogP contribution in [-0.2, 0) is 6.54 Å². The molecule has 1 N–H and O–H groups in total. The number of amides is 1. The summed E-state index contributed by atoms with van der Waals surface area (Å²) >= 11 is 0. The molecule has 0 aliphatic heterocycles. The average molecular weight is 313 g/mol. The molecule has 0 fully saturated rings. The summed E-state index contributed by atoms with van der Waals surface area (Å²) in [6.07, 6.45) is 2.71. The molecule has 0 spiro atoms. The number of pyridine rings is 1. The first-order valence-electron chi connectivity index (χ1n) is 7.73. The number of nitrogens with zero attached hydrogens (tertiary/aromatic N) is 2. The van der Waals surface area contributed by atoms with Gasteiger partial charge in [-0.25, -0.2) is 4.98 Å². The largest absolute Gasteiger partial charge is 0.494 e. The Morgan fingerprint density at radius 1 is 1.26 bits per heavy atom. The highest BCUT2D eigenvalue weighted by Crippen LogP contribution is 2.14. The van der Waals surface area contributed by atoms with Gasteiger partial charge in [0.2, 0.25) is 0 Å². The first-order chi connectivity index (χ1) is 11.1. The molecule has 1 amide bonds. The third kappa shape index (κ3) is 4.98. The van der Waals surface area contributed by atoms with Crippen LogP contribution in [0.2, 0.25) is 0 Å². The number of carbonyl (C=O) groups excluding carboxylic acids is 1. The summed E-state index contributed by atoms with van der Waals surface area (Å²) in [5.74, 6) is 1.49. The van der Waals surface area contributed by atoms with Crippen molar-refractivity contribution in [2.24, 2.45) is 0 Å².